The second kappa shape index (κ2) is 4.86. The van der Waals surface area contributed by atoms with Gasteiger partial charge >= 0.3 is 0 Å². The van der Waals surface area contributed by atoms with Gasteiger partial charge in [-0.25, -0.2) is 4.39 Å². The molecule has 1 aromatic carbocycles. The van der Waals surface area contributed by atoms with Crippen molar-refractivity contribution in [1.82, 2.24) is 0 Å². The number of thioether (sulfide) groups is 1. The minimum Gasteiger partial charge on any atom is -0.333 e. The number of benzene rings is 1. The fourth-order valence-electron chi connectivity index (χ4n) is 1.42. The first-order chi connectivity index (χ1) is 7.96. The van der Waals surface area contributed by atoms with Crippen LogP contribution in [-0.2, 0) is 0 Å². The summed E-state index contributed by atoms with van der Waals surface area (Å²) in [6, 6.07) is 4.45. The Morgan fingerprint density at radius 3 is 2.88 bits per heavy atom. The molecule has 0 amide bonds. The summed E-state index contributed by atoms with van der Waals surface area (Å²) in [5, 5.41) is 4.25. The van der Waals surface area contributed by atoms with Crippen molar-refractivity contribution >= 4 is 34.2 Å². The van der Waals surface area contributed by atoms with E-state index < -0.39 is 0 Å². The highest BCUT2D eigenvalue weighted by Gasteiger charge is 2.23. The first kappa shape index (κ1) is 12.7. The number of rotatable bonds is 1. The Labute approximate surface area is 110 Å². The van der Waals surface area contributed by atoms with Crippen LogP contribution in [-0.4, -0.2) is 17.5 Å². The van der Waals surface area contributed by atoms with Crippen LogP contribution in [0.4, 0.5) is 10.1 Å². The van der Waals surface area contributed by atoms with E-state index in [1.165, 1.54) is 12.1 Å². The molecule has 0 atom stereocenters. The van der Waals surface area contributed by atoms with Crippen LogP contribution < -0.4 is 5.32 Å². The molecule has 1 N–H and O–H groups in total. The molecule has 2 nitrogen and oxygen atoms in total. The van der Waals surface area contributed by atoms with Gasteiger partial charge in [0.15, 0.2) is 5.17 Å². The Morgan fingerprint density at radius 1 is 1.47 bits per heavy atom. The van der Waals surface area contributed by atoms with Crippen molar-refractivity contribution in [3.8, 4) is 0 Å². The van der Waals surface area contributed by atoms with Crippen LogP contribution >= 0.6 is 23.4 Å². The number of hydrogen-bond acceptors (Lipinski definition) is 3. The van der Waals surface area contributed by atoms with Gasteiger partial charge in [-0.2, -0.15) is 0 Å². The minimum absolute atomic E-state index is 0.211. The van der Waals surface area contributed by atoms with Crippen molar-refractivity contribution in [2.45, 2.75) is 13.8 Å². The maximum absolute atomic E-state index is 13.5. The molecule has 0 saturated heterocycles. The predicted octanol–water partition coefficient (Wildman–Crippen LogP) is 4.02. The van der Waals surface area contributed by atoms with Crippen LogP contribution in [0.25, 0.3) is 0 Å². The van der Waals surface area contributed by atoms with Crippen LogP contribution in [0.1, 0.15) is 13.8 Å². The van der Waals surface area contributed by atoms with E-state index in [0.29, 0.717) is 10.7 Å². The molecule has 0 aromatic heterocycles. The van der Waals surface area contributed by atoms with Gasteiger partial charge in [0.05, 0.1) is 5.69 Å². The van der Waals surface area contributed by atoms with Crippen molar-refractivity contribution in [2.75, 3.05) is 17.6 Å². The molecule has 0 radical (unpaired) electrons. The van der Waals surface area contributed by atoms with Crippen molar-refractivity contribution in [3.05, 3.63) is 29.0 Å². The molecule has 92 valence electrons. The monoisotopic (exact) mass is 272 g/mol. The Bertz CT molecular complexity index is 460. The number of halogens is 2. The highest BCUT2D eigenvalue weighted by molar-refractivity contribution is 8.14. The Balaban J connectivity index is 2.12. The van der Waals surface area contributed by atoms with Gasteiger partial charge in [0.1, 0.15) is 5.82 Å². The normalized spacial score (nSPS) is 18.7. The topological polar surface area (TPSA) is 24.4 Å². The molecule has 5 heteroatoms. The fraction of sp³-hybridized carbons (Fsp3) is 0.417. The van der Waals surface area contributed by atoms with E-state index in [4.69, 9.17) is 11.6 Å². The van der Waals surface area contributed by atoms with E-state index >= 15 is 0 Å². The molecule has 0 unspecified atom stereocenters. The van der Waals surface area contributed by atoms with Crippen LogP contribution in [0.2, 0.25) is 5.02 Å². The van der Waals surface area contributed by atoms with Crippen LogP contribution in [0.15, 0.2) is 23.2 Å². The number of anilines is 1. The molecule has 0 bridgehead atoms. The summed E-state index contributed by atoms with van der Waals surface area (Å²) in [5.41, 5.74) is 0.589. The van der Waals surface area contributed by atoms with E-state index in [-0.39, 0.29) is 11.2 Å². The van der Waals surface area contributed by atoms with Crippen molar-refractivity contribution in [3.63, 3.8) is 0 Å². The van der Waals surface area contributed by atoms with E-state index in [1.807, 2.05) is 0 Å². The van der Waals surface area contributed by atoms with Crippen molar-refractivity contribution in [1.29, 1.82) is 0 Å². The SMILES string of the molecule is CC1(C)CN=C(Nc2cc(Cl)ccc2F)SC1. The third-order valence-corrected chi connectivity index (χ3v) is 4.09. The molecule has 0 spiro atoms. The van der Waals surface area contributed by atoms with E-state index in [9.17, 15) is 4.39 Å². The molecule has 1 aromatic rings. The molecule has 17 heavy (non-hydrogen) atoms. The van der Waals surface area contributed by atoms with Gasteiger partial charge in [0.25, 0.3) is 0 Å². The molecular formula is C12H14ClFN2S. The summed E-state index contributed by atoms with van der Waals surface area (Å²) in [5.74, 6) is 0.656. The number of amidine groups is 1. The summed E-state index contributed by atoms with van der Waals surface area (Å²) in [6.45, 7) is 5.09. The summed E-state index contributed by atoms with van der Waals surface area (Å²) < 4.78 is 13.5. The van der Waals surface area contributed by atoms with Crippen LogP contribution in [0, 0.1) is 11.2 Å². The lowest BCUT2D eigenvalue weighted by Gasteiger charge is -2.27. The second-order valence-electron chi connectivity index (χ2n) is 4.82. The molecule has 2 rings (SSSR count). The van der Waals surface area contributed by atoms with Gasteiger partial charge in [-0.3, -0.25) is 4.99 Å². The zero-order valence-electron chi connectivity index (χ0n) is 9.76. The summed E-state index contributed by atoms with van der Waals surface area (Å²) >= 11 is 7.44. The Hall–Kier alpha value is -0.740. The van der Waals surface area contributed by atoms with E-state index in [2.05, 4.69) is 24.2 Å². The standard InChI is InChI=1S/C12H14ClFN2S/c1-12(2)6-15-11(17-7-12)16-10-5-8(13)3-4-9(10)14/h3-5H,6-7H2,1-2H3,(H,15,16). The molecule has 0 fully saturated rings. The first-order valence-electron chi connectivity index (χ1n) is 5.36. The Kier molecular flexibility index (Phi) is 3.64. The molecule has 0 saturated carbocycles. The van der Waals surface area contributed by atoms with Gasteiger partial charge < -0.3 is 5.32 Å². The summed E-state index contributed by atoms with van der Waals surface area (Å²) in [4.78, 5) is 4.41. The lowest BCUT2D eigenvalue weighted by atomic mass is 9.97. The molecule has 1 heterocycles. The van der Waals surface area contributed by atoms with Gasteiger partial charge in [-0.15, -0.1) is 0 Å². The summed E-state index contributed by atoms with van der Waals surface area (Å²) in [7, 11) is 0. The third kappa shape index (κ3) is 3.36. The lowest BCUT2D eigenvalue weighted by molar-refractivity contribution is 0.438. The first-order valence-corrected chi connectivity index (χ1v) is 6.72. The van der Waals surface area contributed by atoms with Crippen molar-refractivity contribution < 1.29 is 4.39 Å². The fourth-order valence-corrected chi connectivity index (χ4v) is 2.55. The molecular weight excluding hydrogens is 259 g/mol. The average molecular weight is 273 g/mol. The number of nitrogens with one attached hydrogen (secondary N) is 1. The minimum atomic E-state index is -0.317. The van der Waals surface area contributed by atoms with E-state index in [1.54, 1.807) is 17.8 Å². The quantitative estimate of drug-likeness (QED) is 0.835. The second-order valence-corrected chi connectivity index (χ2v) is 6.22. The van der Waals surface area contributed by atoms with Gasteiger partial charge in [0, 0.05) is 17.3 Å². The highest BCUT2D eigenvalue weighted by atomic mass is 35.5. The van der Waals surface area contributed by atoms with Crippen LogP contribution in [0.3, 0.4) is 0 Å². The van der Waals surface area contributed by atoms with Gasteiger partial charge in [0.2, 0.25) is 0 Å². The van der Waals surface area contributed by atoms with Gasteiger partial charge in [-0.1, -0.05) is 37.2 Å². The third-order valence-electron chi connectivity index (χ3n) is 2.42. The zero-order chi connectivity index (χ0) is 12.5. The smallest absolute Gasteiger partial charge is 0.161 e. The molecule has 0 aliphatic carbocycles. The molecule has 1 aliphatic rings. The average Bonchev–Trinajstić information content (AvgIpc) is 2.26. The maximum Gasteiger partial charge on any atom is 0.161 e. The van der Waals surface area contributed by atoms with E-state index in [0.717, 1.165) is 17.5 Å². The van der Waals surface area contributed by atoms with Crippen LogP contribution in [0.5, 0.6) is 0 Å². The Morgan fingerprint density at radius 2 is 2.24 bits per heavy atom. The molecule has 1 aliphatic heterocycles. The lowest BCUT2D eigenvalue weighted by Crippen LogP contribution is -2.27. The highest BCUT2D eigenvalue weighted by Crippen LogP contribution is 2.29. The number of aliphatic imine (C=N–C) groups is 1. The maximum atomic E-state index is 13.5. The van der Waals surface area contributed by atoms with Crippen molar-refractivity contribution in [2.24, 2.45) is 10.4 Å². The number of hydrogen-bond donors (Lipinski definition) is 1. The number of nitrogens with zero attached hydrogens (tertiary/aromatic N) is 1. The zero-order valence-corrected chi connectivity index (χ0v) is 11.3. The predicted molar refractivity (Wildman–Crippen MR) is 73.6 cm³/mol. The van der Waals surface area contributed by atoms with Gasteiger partial charge in [-0.05, 0) is 23.6 Å². The largest absolute Gasteiger partial charge is 0.333 e. The summed E-state index contributed by atoms with van der Waals surface area (Å²) in [6.07, 6.45) is 0.